The molecule has 3 aromatic rings. The number of fused-ring (bicyclic) bond motifs is 3. The summed E-state index contributed by atoms with van der Waals surface area (Å²) in [6.07, 6.45) is 8.79. The number of thiophene rings is 1. The first-order valence-electron chi connectivity index (χ1n) is 9.53. The molecule has 2 aliphatic rings. The van der Waals surface area contributed by atoms with Crippen molar-refractivity contribution in [3.63, 3.8) is 0 Å². The van der Waals surface area contributed by atoms with E-state index in [-0.39, 0.29) is 0 Å². The normalized spacial score (nSPS) is 17.6. The van der Waals surface area contributed by atoms with E-state index in [9.17, 15) is 0 Å². The Bertz CT molecular complexity index is 943. The fourth-order valence-electron chi connectivity index (χ4n) is 4.22. The van der Waals surface area contributed by atoms with Crippen LogP contribution in [-0.2, 0) is 12.8 Å². The Balaban J connectivity index is 1.42. The van der Waals surface area contributed by atoms with E-state index < -0.39 is 0 Å². The van der Waals surface area contributed by atoms with E-state index in [1.54, 1.807) is 11.2 Å². The second-order valence-corrected chi connectivity index (χ2v) is 8.40. The average Bonchev–Trinajstić information content (AvgIpc) is 3.07. The van der Waals surface area contributed by atoms with Crippen molar-refractivity contribution in [1.82, 2.24) is 9.97 Å². The highest BCUT2D eigenvalue weighted by atomic mass is 32.1. The third-order valence-corrected chi connectivity index (χ3v) is 6.79. The molecule has 1 aliphatic carbocycles. The van der Waals surface area contributed by atoms with Gasteiger partial charge in [0.1, 0.15) is 30.1 Å². The molecule has 4 heterocycles. The second kappa shape index (κ2) is 6.50. The van der Waals surface area contributed by atoms with Gasteiger partial charge in [0.2, 0.25) is 0 Å². The maximum atomic E-state index is 4.72. The Labute approximate surface area is 157 Å². The van der Waals surface area contributed by atoms with Crippen molar-refractivity contribution in [2.75, 3.05) is 36.0 Å². The van der Waals surface area contributed by atoms with Crippen molar-refractivity contribution in [3.05, 3.63) is 40.7 Å². The molecule has 0 bridgehead atoms. The number of piperazine rings is 1. The van der Waals surface area contributed by atoms with Gasteiger partial charge in [-0.1, -0.05) is 0 Å². The molecule has 1 aliphatic heterocycles. The van der Waals surface area contributed by atoms with E-state index in [1.807, 2.05) is 17.5 Å². The lowest BCUT2D eigenvalue weighted by molar-refractivity contribution is -0.364. The summed E-state index contributed by atoms with van der Waals surface area (Å²) in [5.74, 6) is 2.37. The largest absolute Gasteiger partial charge is 0.348 e. The topological polar surface area (TPSA) is 46.4 Å². The minimum atomic E-state index is 0.999. The summed E-state index contributed by atoms with van der Waals surface area (Å²) in [4.78, 5) is 20.3. The Morgan fingerprint density at radius 3 is 2.69 bits per heavy atom. The first-order chi connectivity index (χ1) is 12.8. The minimum absolute atomic E-state index is 0.999. The van der Waals surface area contributed by atoms with Gasteiger partial charge in [-0.2, -0.15) is 0 Å². The fraction of sp³-hybridized carbons (Fsp3) is 0.450. The van der Waals surface area contributed by atoms with E-state index >= 15 is 0 Å². The van der Waals surface area contributed by atoms with Gasteiger partial charge >= 0.3 is 0 Å². The summed E-state index contributed by atoms with van der Waals surface area (Å²) >= 11 is 1.88. The number of rotatable bonds is 2. The molecule has 3 aromatic heterocycles. The summed E-state index contributed by atoms with van der Waals surface area (Å²) in [5, 5.41) is 1.34. The lowest BCUT2D eigenvalue weighted by atomic mass is 9.97. The fourth-order valence-corrected chi connectivity index (χ4v) is 5.44. The molecule has 0 radical (unpaired) electrons. The van der Waals surface area contributed by atoms with Crippen LogP contribution >= 0.6 is 11.3 Å². The van der Waals surface area contributed by atoms with E-state index in [0.29, 0.717) is 0 Å². The van der Waals surface area contributed by atoms with Crippen molar-refractivity contribution in [2.45, 2.75) is 32.6 Å². The van der Waals surface area contributed by atoms with E-state index in [2.05, 4.69) is 38.8 Å². The van der Waals surface area contributed by atoms with Gasteiger partial charge in [-0.3, -0.25) is 4.90 Å². The third kappa shape index (κ3) is 2.72. The van der Waals surface area contributed by atoms with E-state index in [4.69, 9.17) is 4.98 Å². The van der Waals surface area contributed by atoms with Gasteiger partial charge in [-0.15, -0.1) is 11.3 Å². The molecule has 1 fully saturated rings. The molecule has 0 spiro atoms. The van der Waals surface area contributed by atoms with Gasteiger partial charge < -0.3 is 4.90 Å². The first-order valence-corrected chi connectivity index (χ1v) is 10.3. The lowest BCUT2D eigenvalue weighted by Gasteiger charge is -2.32. The summed E-state index contributed by atoms with van der Waals surface area (Å²) < 4.78 is 0. The molecule has 6 heteroatoms. The molecular formula is C20H24N5S+. The van der Waals surface area contributed by atoms with Gasteiger partial charge in [0.25, 0.3) is 5.82 Å². The molecule has 26 heavy (non-hydrogen) atoms. The second-order valence-electron chi connectivity index (χ2n) is 7.31. The summed E-state index contributed by atoms with van der Waals surface area (Å²) in [6.45, 7) is 6.16. The molecular weight excluding hydrogens is 342 g/mol. The molecule has 0 atom stereocenters. The molecule has 0 saturated carbocycles. The van der Waals surface area contributed by atoms with Crippen molar-refractivity contribution in [2.24, 2.45) is 0 Å². The van der Waals surface area contributed by atoms with Gasteiger partial charge in [-0.25, -0.2) is 15.0 Å². The molecule has 5 nitrogen and oxygen atoms in total. The zero-order chi connectivity index (χ0) is 17.5. The number of anilines is 2. The highest BCUT2D eigenvalue weighted by Crippen LogP contribution is 2.39. The van der Waals surface area contributed by atoms with Gasteiger partial charge in [-0.05, 0) is 49.8 Å². The van der Waals surface area contributed by atoms with Crippen molar-refractivity contribution in [1.29, 1.82) is 0 Å². The van der Waals surface area contributed by atoms with Crippen molar-refractivity contribution < 1.29 is 4.98 Å². The number of H-pyrrole nitrogens is 1. The maximum absolute atomic E-state index is 4.72. The Morgan fingerprint density at radius 2 is 1.85 bits per heavy atom. The highest BCUT2D eigenvalue weighted by molar-refractivity contribution is 7.19. The molecule has 0 aromatic carbocycles. The molecule has 5 rings (SSSR count). The van der Waals surface area contributed by atoms with Crippen LogP contribution in [0.3, 0.4) is 0 Å². The third-order valence-electron chi connectivity index (χ3n) is 5.59. The van der Waals surface area contributed by atoms with Crippen LogP contribution in [0.1, 0.15) is 28.8 Å². The highest BCUT2D eigenvalue weighted by Gasteiger charge is 2.27. The Morgan fingerprint density at radius 1 is 1.04 bits per heavy atom. The minimum Gasteiger partial charge on any atom is -0.348 e. The Kier molecular flexibility index (Phi) is 4.00. The lowest BCUT2D eigenvalue weighted by Crippen LogP contribution is -2.48. The van der Waals surface area contributed by atoms with Crippen LogP contribution in [0, 0.1) is 6.92 Å². The zero-order valence-corrected chi connectivity index (χ0v) is 16.0. The number of aromatic amines is 1. The standard InChI is InChI=1S/C20H23N5S/c1-14-6-7-21-17(12-14)24-8-10-25(11-9-24)19-18-15-4-2-3-5-16(15)26-20(18)23-13-22-19/h6-7,12-13H,2-5,8-11H2,1H3/p+1. The van der Waals surface area contributed by atoms with E-state index in [1.165, 1.54) is 52.8 Å². The van der Waals surface area contributed by atoms with Crippen LogP contribution in [0.25, 0.3) is 10.2 Å². The number of nitrogens with zero attached hydrogens (tertiary/aromatic N) is 4. The molecule has 1 N–H and O–H groups in total. The molecule has 0 unspecified atom stereocenters. The molecule has 0 amide bonds. The maximum Gasteiger partial charge on any atom is 0.274 e. The van der Waals surface area contributed by atoms with Crippen LogP contribution < -0.4 is 14.8 Å². The van der Waals surface area contributed by atoms with Crippen LogP contribution in [-0.4, -0.2) is 36.1 Å². The summed E-state index contributed by atoms with van der Waals surface area (Å²) in [5.41, 5.74) is 2.82. The molecule has 1 saturated heterocycles. The number of nitrogens with one attached hydrogen (secondary N) is 1. The zero-order valence-electron chi connectivity index (χ0n) is 15.2. The van der Waals surface area contributed by atoms with Gasteiger partial charge in [0, 0.05) is 10.9 Å². The van der Waals surface area contributed by atoms with Crippen LogP contribution in [0.2, 0.25) is 0 Å². The number of hydrogen-bond acceptors (Lipinski definition) is 5. The van der Waals surface area contributed by atoms with Gasteiger partial charge in [0.05, 0.1) is 24.7 Å². The average molecular weight is 367 g/mol. The smallest absolute Gasteiger partial charge is 0.274 e. The predicted molar refractivity (Wildman–Crippen MR) is 106 cm³/mol. The summed E-state index contributed by atoms with van der Waals surface area (Å²) in [7, 11) is 0. The number of aryl methyl sites for hydroxylation is 3. The van der Waals surface area contributed by atoms with Crippen molar-refractivity contribution in [3.8, 4) is 0 Å². The van der Waals surface area contributed by atoms with Gasteiger partial charge in [0.15, 0.2) is 0 Å². The van der Waals surface area contributed by atoms with Crippen LogP contribution in [0.15, 0.2) is 24.7 Å². The number of aromatic nitrogens is 3. The predicted octanol–water partition coefficient (Wildman–Crippen LogP) is 3.02. The summed E-state index contributed by atoms with van der Waals surface area (Å²) in [6, 6.07) is 4.34. The molecule has 134 valence electrons. The van der Waals surface area contributed by atoms with E-state index in [0.717, 1.165) is 32.0 Å². The number of pyridine rings is 1. The van der Waals surface area contributed by atoms with Crippen LogP contribution in [0.5, 0.6) is 0 Å². The van der Waals surface area contributed by atoms with Crippen molar-refractivity contribution >= 4 is 33.2 Å². The number of hydrogen-bond donors (Lipinski definition) is 0. The quantitative estimate of drug-likeness (QED) is 0.699. The first kappa shape index (κ1) is 16.0. The SMILES string of the molecule is Cc1cc[nH+]c(N2CCN(c3ncnc4sc5c(c34)CCCC5)CC2)c1. The Hall–Kier alpha value is -2.21. The van der Waals surface area contributed by atoms with Crippen LogP contribution in [0.4, 0.5) is 11.6 Å². The monoisotopic (exact) mass is 366 g/mol.